The third kappa shape index (κ3) is 6.03. The molecule has 31 heavy (non-hydrogen) atoms. The summed E-state index contributed by atoms with van der Waals surface area (Å²) in [5.74, 6) is -2.63. The van der Waals surface area contributed by atoms with Gasteiger partial charge >= 0.3 is 18.1 Å². The second kappa shape index (κ2) is 10.1. The van der Waals surface area contributed by atoms with Crippen molar-refractivity contribution in [3.8, 4) is 17.2 Å². The van der Waals surface area contributed by atoms with Gasteiger partial charge in [0.1, 0.15) is 11.8 Å². The van der Waals surface area contributed by atoms with Crippen molar-refractivity contribution < 1.29 is 42.1 Å². The summed E-state index contributed by atoms with van der Waals surface area (Å²) in [6.07, 6.45) is -5.46. The van der Waals surface area contributed by atoms with Crippen molar-refractivity contribution in [3.05, 3.63) is 53.6 Å². The highest BCUT2D eigenvalue weighted by atomic mass is 19.4. The van der Waals surface area contributed by atoms with Gasteiger partial charge in [0, 0.05) is 13.0 Å². The molecular weight excluding hydrogens is 419 g/mol. The van der Waals surface area contributed by atoms with Crippen molar-refractivity contribution in [1.82, 2.24) is 4.90 Å². The van der Waals surface area contributed by atoms with E-state index in [2.05, 4.69) is 4.74 Å². The molecule has 0 fully saturated rings. The number of hydrogen-bond acceptors (Lipinski definition) is 6. The van der Waals surface area contributed by atoms with Crippen LogP contribution in [0.3, 0.4) is 0 Å². The van der Waals surface area contributed by atoms with Crippen LogP contribution < -0.4 is 9.47 Å². The first-order chi connectivity index (χ1) is 14.6. The molecule has 0 aliphatic carbocycles. The first-order valence-corrected chi connectivity index (χ1v) is 9.05. The van der Waals surface area contributed by atoms with Gasteiger partial charge in [0.25, 0.3) is 0 Å². The zero-order valence-electron chi connectivity index (χ0n) is 17.1. The molecule has 0 bridgehead atoms. The number of esters is 1. The Balaban J connectivity index is 2.47. The molecule has 10 heteroatoms. The maximum atomic E-state index is 13.4. The molecule has 2 aromatic carbocycles. The van der Waals surface area contributed by atoms with E-state index in [0.29, 0.717) is 16.2 Å². The average Bonchev–Trinajstić information content (AvgIpc) is 2.75. The number of rotatable bonds is 8. The molecule has 1 atom stereocenters. The number of carbonyl (C=O) groups excluding carboxylic acids is 2. The van der Waals surface area contributed by atoms with E-state index in [1.165, 1.54) is 56.7 Å². The van der Waals surface area contributed by atoms with Crippen molar-refractivity contribution in [1.29, 1.82) is 0 Å². The summed E-state index contributed by atoms with van der Waals surface area (Å²) in [7, 11) is 3.79. The van der Waals surface area contributed by atoms with Crippen LogP contribution in [-0.4, -0.2) is 55.4 Å². The molecule has 0 saturated heterocycles. The molecule has 0 spiro atoms. The molecule has 0 aliphatic rings. The Morgan fingerprint density at radius 3 is 2.06 bits per heavy atom. The van der Waals surface area contributed by atoms with Crippen LogP contribution in [0.4, 0.5) is 13.2 Å². The molecule has 1 unspecified atom stereocenters. The Bertz CT molecular complexity index is 914. The lowest BCUT2D eigenvalue weighted by atomic mass is 10.0. The Morgan fingerprint density at radius 2 is 1.55 bits per heavy atom. The fourth-order valence-corrected chi connectivity index (χ4v) is 2.97. The first kappa shape index (κ1) is 23.8. The highest BCUT2D eigenvalue weighted by Gasteiger charge is 2.46. The zero-order chi connectivity index (χ0) is 23.2. The summed E-state index contributed by atoms with van der Waals surface area (Å²) in [4.78, 5) is 25.1. The number of ether oxygens (including phenoxy) is 3. The van der Waals surface area contributed by atoms with Crippen molar-refractivity contribution >= 4 is 11.9 Å². The van der Waals surface area contributed by atoms with Crippen LogP contribution in [0.2, 0.25) is 0 Å². The average molecular weight is 441 g/mol. The summed E-state index contributed by atoms with van der Waals surface area (Å²) in [5.41, 5.74) is 0.718. The van der Waals surface area contributed by atoms with Gasteiger partial charge in [-0.05, 0) is 35.4 Å². The summed E-state index contributed by atoms with van der Waals surface area (Å²) < 4.78 is 55.0. The second-order valence-electron chi connectivity index (χ2n) is 6.53. The van der Waals surface area contributed by atoms with Crippen molar-refractivity contribution in [2.75, 3.05) is 21.3 Å². The van der Waals surface area contributed by atoms with E-state index in [-0.39, 0.29) is 23.5 Å². The van der Waals surface area contributed by atoms with E-state index < -0.39 is 30.6 Å². The van der Waals surface area contributed by atoms with E-state index in [1.807, 2.05) is 0 Å². The molecule has 0 aliphatic heterocycles. The Hall–Kier alpha value is -3.43. The number of alkyl halides is 3. The molecule has 1 amide bonds. The number of aromatic hydroxyl groups is 1. The number of hydrogen-bond donors (Lipinski definition) is 1. The maximum Gasteiger partial charge on any atom is 0.471 e. The molecule has 1 N–H and O–H groups in total. The second-order valence-corrected chi connectivity index (χ2v) is 6.53. The maximum absolute atomic E-state index is 13.4. The summed E-state index contributed by atoms with van der Waals surface area (Å²) in [6.45, 7) is -0.531. The summed E-state index contributed by atoms with van der Waals surface area (Å²) in [6, 6.07) is 8.35. The number of halogens is 3. The summed E-state index contributed by atoms with van der Waals surface area (Å²) >= 11 is 0. The third-order valence-corrected chi connectivity index (χ3v) is 4.52. The van der Waals surface area contributed by atoms with Gasteiger partial charge < -0.3 is 24.2 Å². The normalized spacial score (nSPS) is 12.1. The fourth-order valence-electron chi connectivity index (χ4n) is 2.97. The highest BCUT2D eigenvalue weighted by molar-refractivity contribution is 5.88. The molecular formula is C21H22F3NO6. The molecule has 168 valence electrons. The van der Waals surface area contributed by atoms with Crippen LogP contribution in [0.25, 0.3) is 0 Å². The van der Waals surface area contributed by atoms with E-state index in [4.69, 9.17) is 9.47 Å². The van der Waals surface area contributed by atoms with Gasteiger partial charge in [0.05, 0.1) is 21.3 Å². The molecule has 0 saturated carbocycles. The number of carbonyl (C=O) groups is 2. The molecule has 2 rings (SSSR count). The van der Waals surface area contributed by atoms with Crippen LogP contribution >= 0.6 is 0 Å². The predicted octanol–water partition coefficient (Wildman–Crippen LogP) is 3.08. The lowest BCUT2D eigenvalue weighted by Crippen LogP contribution is -2.51. The lowest BCUT2D eigenvalue weighted by Gasteiger charge is -2.31. The number of phenols is 1. The molecule has 2 aromatic rings. The Labute approximate surface area is 176 Å². The molecule has 7 nitrogen and oxygen atoms in total. The number of nitrogens with zero attached hydrogens (tertiary/aromatic N) is 1. The monoisotopic (exact) mass is 441 g/mol. The highest BCUT2D eigenvalue weighted by Crippen LogP contribution is 2.30. The quantitative estimate of drug-likeness (QED) is 0.634. The van der Waals surface area contributed by atoms with E-state index in [1.54, 1.807) is 0 Å². The number of phenolic OH excluding ortho intramolecular Hbond substituents is 1. The van der Waals surface area contributed by atoms with Gasteiger partial charge in [-0.1, -0.05) is 18.2 Å². The third-order valence-electron chi connectivity index (χ3n) is 4.52. The number of methoxy groups -OCH3 is 3. The minimum Gasteiger partial charge on any atom is -0.508 e. The van der Waals surface area contributed by atoms with Crippen molar-refractivity contribution in [3.63, 3.8) is 0 Å². The van der Waals surface area contributed by atoms with Crippen LogP contribution in [-0.2, 0) is 27.3 Å². The van der Waals surface area contributed by atoms with E-state index in [0.717, 1.165) is 7.11 Å². The molecule has 0 aromatic heterocycles. The first-order valence-electron chi connectivity index (χ1n) is 9.05. The predicted molar refractivity (Wildman–Crippen MR) is 104 cm³/mol. The SMILES string of the molecule is COC(=O)C(Cc1ccc(O)cc1)N(Cc1ccc(OC)c(OC)c1)C(=O)C(F)(F)F. The number of benzene rings is 2. The minimum atomic E-state index is -5.21. The lowest BCUT2D eigenvalue weighted by molar-refractivity contribution is -0.191. The van der Waals surface area contributed by atoms with Crippen molar-refractivity contribution in [2.45, 2.75) is 25.2 Å². The largest absolute Gasteiger partial charge is 0.508 e. The van der Waals surface area contributed by atoms with Gasteiger partial charge in [-0.2, -0.15) is 13.2 Å². The fraction of sp³-hybridized carbons (Fsp3) is 0.333. The molecule has 0 heterocycles. The zero-order valence-corrected chi connectivity index (χ0v) is 17.1. The Kier molecular flexibility index (Phi) is 7.73. The smallest absolute Gasteiger partial charge is 0.471 e. The topological polar surface area (TPSA) is 85.3 Å². The standard InChI is InChI=1S/C21H22F3NO6/c1-29-17-9-6-14(11-18(17)30-2)12-25(20(28)21(22,23)24)16(19(27)31-3)10-13-4-7-15(26)8-5-13/h4-9,11,16,26H,10,12H2,1-3H3. The van der Waals surface area contributed by atoms with Crippen LogP contribution in [0.1, 0.15) is 11.1 Å². The van der Waals surface area contributed by atoms with Crippen LogP contribution in [0.15, 0.2) is 42.5 Å². The van der Waals surface area contributed by atoms with Gasteiger partial charge in [-0.3, -0.25) is 4.79 Å². The van der Waals surface area contributed by atoms with Gasteiger partial charge in [-0.15, -0.1) is 0 Å². The number of amides is 1. The van der Waals surface area contributed by atoms with Crippen LogP contribution in [0.5, 0.6) is 17.2 Å². The summed E-state index contributed by atoms with van der Waals surface area (Å²) in [5, 5.41) is 9.41. The van der Waals surface area contributed by atoms with Crippen LogP contribution in [0, 0.1) is 0 Å². The Morgan fingerprint density at radius 1 is 0.968 bits per heavy atom. The van der Waals surface area contributed by atoms with E-state index >= 15 is 0 Å². The van der Waals surface area contributed by atoms with Crippen molar-refractivity contribution in [2.24, 2.45) is 0 Å². The van der Waals surface area contributed by atoms with Gasteiger partial charge in [-0.25, -0.2) is 4.79 Å². The van der Waals surface area contributed by atoms with E-state index in [9.17, 15) is 27.9 Å². The van der Waals surface area contributed by atoms with Gasteiger partial charge in [0.15, 0.2) is 11.5 Å². The molecule has 0 radical (unpaired) electrons. The van der Waals surface area contributed by atoms with Gasteiger partial charge in [0.2, 0.25) is 0 Å². The minimum absolute atomic E-state index is 0.0491.